The Kier molecular flexibility index (Phi) is 10.4. The SMILES string of the molecule is COc1cc(F)c(-c2ccc(OC(C)(C)C(=O)OC(C)(C)C)cc2)cc1C(=O)N[C@@H]1[C@H]2CC[C@H](C2)[C@@H]1C(=O)Nc1cccc(S(=O)(=O)C(F)(F)F)c1. The third kappa shape index (κ3) is 8.03. The zero-order valence-corrected chi connectivity index (χ0v) is 30.2. The number of carbonyl (C=O) groups excluding carboxylic acids is 3. The van der Waals surface area contributed by atoms with Gasteiger partial charge in [-0.1, -0.05) is 18.2 Å². The molecule has 0 spiro atoms. The monoisotopic (exact) mass is 748 g/mol. The van der Waals surface area contributed by atoms with E-state index in [-0.39, 0.29) is 34.4 Å². The minimum absolute atomic E-state index is 0.00252. The molecular weight excluding hydrogens is 708 g/mol. The van der Waals surface area contributed by atoms with E-state index in [0.29, 0.717) is 24.2 Å². The van der Waals surface area contributed by atoms with Gasteiger partial charge in [0.05, 0.1) is 23.5 Å². The summed E-state index contributed by atoms with van der Waals surface area (Å²) in [5.41, 5.74) is -7.24. The normalized spacial score (nSPS) is 20.3. The molecule has 3 aromatic rings. The number of alkyl halides is 3. The Labute approximate surface area is 299 Å². The summed E-state index contributed by atoms with van der Waals surface area (Å²) in [5.74, 6) is -3.17. The molecule has 3 aromatic carbocycles. The molecular formula is C37H40F4N2O8S. The van der Waals surface area contributed by atoms with Crippen molar-refractivity contribution in [2.75, 3.05) is 12.4 Å². The van der Waals surface area contributed by atoms with Gasteiger partial charge in [0.2, 0.25) is 5.91 Å². The van der Waals surface area contributed by atoms with E-state index in [1.54, 1.807) is 58.9 Å². The molecule has 0 aromatic heterocycles. The molecule has 0 radical (unpaired) electrons. The number of nitrogens with one attached hydrogen (secondary N) is 2. The van der Waals surface area contributed by atoms with Crippen molar-refractivity contribution >= 4 is 33.3 Å². The van der Waals surface area contributed by atoms with Gasteiger partial charge in [-0.3, -0.25) is 9.59 Å². The van der Waals surface area contributed by atoms with Crippen molar-refractivity contribution < 1.29 is 54.6 Å². The standard InChI is InChI=1S/C37H40F4N2O8S/c1-35(2,3)51-34(46)36(4,5)50-24-14-12-20(13-15-24)26-18-27(29(49-6)19-28(26)38)32(44)43-31-22-11-10-21(16-22)30(31)33(45)42-23-8-7-9-25(17-23)52(47,48)37(39,40)41/h7-9,12-15,17-19,21-22,30-31H,10-11,16H2,1-6H3,(H,42,45)(H,43,44)/t21-,22+,30+,31-/m1/s1. The minimum Gasteiger partial charge on any atom is -0.496 e. The van der Waals surface area contributed by atoms with E-state index >= 15 is 4.39 Å². The molecule has 280 valence electrons. The summed E-state index contributed by atoms with van der Waals surface area (Å²) in [5, 5.41) is 5.46. The van der Waals surface area contributed by atoms with E-state index in [4.69, 9.17) is 14.2 Å². The zero-order chi connectivity index (χ0) is 38.4. The van der Waals surface area contributed by atoms with Crippen molar-refractivity contribution in [3.8, 4) is 22.6 Å². The molecule has 52 heavy (non-hydrogen) atoms. The van der Waals surface area contributed by atoms with Gasteiger partial charge >= 0.3 is 11.5 Å². The van der Waals surface area contributed by atoms with Gasteiger partial charge in [-0.15, -0.1) is 0 Å². The number of ether oxygens (including phenoxy) is 3. The Morgan fingerprint density at radius 2 is 1.54 bits per heavy atom. The molecule has 2 aliphatic carbocycles. The molecule has 2 saturated carbocycles. The first-order valence-corrected chi connectivity index (χ1v) is 18.0. The molecule has 2 bridgehead atoms. The molecule has 0 heterocycles. The van der Waals surface area contributed by atoms with Crippen LogP contribution in [-0.2, 0) is 24.2 Å². The van der Waals surface area contributed by atoms with Gasteiger partial charge in [-0.2, -0.15) is 13.2 Å². The first-order chi connectivity index (χ1) is 24.1. The summed E-state index contributed by atoms with van der Waals surface area (Å²) >= 11 is 0. The smallest absolute Gasteiger partial charge is 0.496 e. The molecule has 2 fully saturated rings. The van der Waals surface area contributed by atoms with Gasteiger partial charge in [-0.25, -0.2) is 17.6 Å². The number of halogens is 4. The number of hydrogen-bond acceptors (Lipinski definition) is 8. The number of hydrogen-bond donors (Lipinski definition) is 2. The number of amides is 2. The maximum Gasteiger partial charge on any atom is 0.501 e. The third-order valence-electron chi connectivity index (χ3n) is 9.20. The van der Waals surface area contributed by atoms with Gasteiger partial charge in [0.25, 0.3) is 15.7 Å². The highest BCUT2D eigenvalue weighted by atomic mass is 32.2. The summed E-state index contributed by atoms with van der Waals surface area (Å²) in [4.78, 5) is 39.0. The molecule has 15 heteroatoms. The second-order valence-electron chi connectivity index (χ2n) is 14.5. The molecule has 2 N–H and O–H groups in total. The molecule has 4 atom stereocenters. The molecule has 10 nitrogen and oxygen atoms in total. The van der Waals surface area contributed by atoms with Crippen LogP contribution < -0.4 is 20.1 Å². The van der Waals surface area contributed by atoms with Crippen molar-refractivity contribution in [2.45, 2.75) is 81.5 Å². The van der Waals surface area contributed by atoms with Gasteiger partial charge in [0.1, 0.15) is 22.9 Å². The van der Waals surface area contributed by atoms with Crippen molar-refractivity contribution in [3.05, 3.63) is 72.0 Å². The highest BCUT2D eigenvalue weighted by Crippen LogP contribution is 2.49. The molecule has 0 saturated heterocycles. The van der Waals surface area contributed by atoms with E-state index in [1.165, 1.54) is 19.2 Å². The Balaban J connectivity index is 1.35. The van der Waals surface area contributed by atoms with Crippen LogP contribution >= 0.6 is 0 Å². The second kappa shape index (κ2) is 14.1. The summed E-state index contributed by atoms with van der Waals surface area (Å²) in [6.07, 6.45) is 2.04. The first-order valence-electron chi connectivity index (χ1n) is 16.5. The highest BCUT2D eigenvalue weighted by Gasteiger charge is 2.52. The molecule has 5 rings (SSSR count). The number of methoxy groups -OCH3 is 1. The quantitative estimate of drug-likeness (QED) is 0.166. The van der Waals surface area contributed by atoms with Crippen LogP contribution in [0, 0.1) is 23.6 Å². The molecule has 0 unspecified atom stereocenters. The van der Waals surface area contributed by atoms with Crippen LogP contribution in [0.15, 0.2) is 65.6 Å². The predicted molar refractivity (Wildman–Crippen MR) is 183 cm³/mol. The lowest BCUT2D eigenvalue weighted by molar-refractivity contribution is -0.170. The van der Waals surface area contributed by atoms with Crippen LogP contribution in [0.5, 0.6) is 11.5 Å². The van der Waals surface area contributed by atoms with Gasteiger partial charge in [0.15, 0.2) is 5.60 Å². The third-order valence-corrected chi connectivity index (χ3v) is 10.7. The number of rotatable bonds is 10. The minimum atomic E-state index is -5.64. The fourth-order valence-corrected chi connectivity index (χ4v) is 7.58. The lowest BCUT2D eigenvalue weighted by atomic mass is 9.83. The number of anilines is 1. The van der Waals surface area contributed by atoms with E-state index in [1.807, 2.05) is 0 Å². The van der Waals surface area contributed by atoms with Crippen molar-refractivity contribution in [2.24, 2.45) is 17.8 Å². The molecule has 0 aliphatic heterocycles. The lowest BCUT2D eigenvalue weighted by Gasteiger charge is -2.31. The fraction of sp³-hybridized carbons (Fsp3) is 0.432. The summed E-state index contributed by atoms with van der Waals surface area (Å²) in [6.45, 7) is 8.36. The largest absolute Gasteiger partial charge is 0.501 e. The number of sulfone groups is 1. The molecule has 2 amide bonds. The second-order valence-corrected chi connectivity index (χ2v) is 16.4. The van der Waals surface area contributed by atoms with E-state index in [2.05, 4.69) is 10.6 Å². The summed E-state index contributed by atoms with van der Waals surface area (Å²) in [7, 11) is -4.36. The fourth-order valence-electron chi connectivity index (χ4n) is 6.77. The highest BCUT2D eigenvalue weighted by molar-refractivity contribution is 7.92. The maximum absolute atomic E-state index is 15.4. The van der Waals surface area contributed by atoms with E-state index in [9.17, 15) is 36.0 Å². The maximum atomic E-state index is 15.4. The summed E-state index contributed by atoms with van der Waals surface area (Å²) < 4.78 is 95.4. The molecule has 2 aliphatic rings. The number of carbonyl (C=O) groups is 3. The van der Waals surface area contributed by atoms with Crippen LogP contribution in [0.3, 0.4) is 0 Å². The van der Waals surface area contributed by atoms with Gasteiger partial charge in [-0.05, 0) is 108 Å². The predicted octanol–water partition coefficient (Wildman–Crippen LogP) is 7.08. The zero-order valence-electron chi connectivity index (χ0n) is 29.4. The van der Waals surface area contributed by atoms with Crippen molar-refractivity contribution in [1.29, 1.82) is 0 Å². The Morgan fingerprint density at radius 3 is 2.15 bits per heavy atom. The number of esters is 1. The average Bonchev–Trinajstić information content (AvgIpc) is 3.66. The Morgan fingerprint density at radius 1 is 0.885 bits per heavy atom. The number of fused-ring (bicyclic) bond motifs is 2. The van der Waals surface area contributed by atoms with Crippen LogP contribution in [-0.4, -0.2) is 56.1 Å². The van der Waals surface area contributed by atoms with Crippen LogP contribution in [0.1, 0.15) is 64.2 Å². The van der Waals surface area contributed by atoms with Crippen LogP contribution in [0.4, 0.5) is 23.2 Å². The average molecular weight is 749 g/mol. The topological polar surface area (TPSA) is 137 Å². The van der Waals surface area contributed by atoms with Gasteiger partial charge < -0.3 is 24.8 Å². The van der Waals surface area contributed by atoms with Gasteiger partial charge in [0, 0.05) is 23.4 Å². The Hall–Kier alpha value is -4.66. The van der Waals surface area contributed by atoms with Crippen LogP contribution in [0.25, 0.3) is 11.1 Å². The first kappa shape index (κ1) is 38.6. The van der Waals surface area contributed by atoms with E-state index < -0.39 is 67.0 Å². The Bertz CT molecular complexity index is 1970. The van der Waals surface area contributed by atoms with Crippen molar-refractivity contribution in [1.82, 2.24) is 5.32 Å². The lowest BCUT2D eigenvalue weighted by Crippen LogP contribution is -2.48. The summed E-state index contributed by atoms with van der Waals surface area (Å²) in [6, 6.07) is 11.9. The van der Waals surface area contributed by atoms with Crippen molar-refractivity contribution in [3.63, 3.8) is 0 Å². The number of benzene rings is 3. The van der Waals surface area contributed by atoms with E-state index in [0.717, 1.165) is 30.7 Å². The van der Waals surface area contributed by atoms with Crippen LogP contribution in [0.2, 0.25) is 0 Å².